The molecular weight excluding hydrogens is 486 g/mol. The minimum atomic E-state index is -4.30. The van der Waals surface area contributed by atoms with Crippen molar-refractivity contribution in [3.05, 3.63) is 77.4 Å². The van der Waals surface area contributed by atoms with Gasteiger partial charge < -0.3 is 21.1 Å². The van der Waals surface area contributed by atoms with Crippen molar-refractivity contribution in [2.45, 2.75) is 18.2 Å². The number of anilines is 1. The van der Waals surface area contributed by atoms with E-state index >= 15 is 0 Å². The van der Waals surface area contributed by atoms with Crippen LogP contribution >= 0.6 is 0 Å². The van der Waals surface area contributed by atoms with Crippen LogP contribution in [-0.2, 0) is 21.2 Å². The molecule has 188 valence electrons. The van der Waals surface area contributed by atoms with Crippen molar-refractivity contribution in [2.24, 2.45) is 5.73 Å². The van der Waals surface area contributed by atoms with Gasteiger partial charge in [0, 0.05) is 18.3 Å². The van der Waals surface area contributed by atoms with Crippen molar-refractivity contribution >= 4 is 33.3 Å². The van der Waals surface area contributed by atoms with Gasteiger partial charge in [-0.3, -0.25) is 20.5 Å². The molecule has 0 unspecified atom stereocenters. The summed E-state index contributed by atoms with van der Waals surface area (Å²) in [5.41, 5.74) is 6.74. The summed E-state index contributed by atoms with van der Waals surface area (Å²) in [5.74, 6) is -3.87. The molecule has 0 spiro atoms. The van der Waals surface area contributed by atoms with Crippen LogP contribution in [0.3, 0.4) is 0 Å². The number of phenolic OH excluding ortho intramolecular Hbond substituents is 3. The van der Waals surface area contributed by atoms with Crippen LogP contribution in [0.5, 0.6) is 17.2 Å². The van der Waals surface area contributed by atoms with E-state index in [0.29, 0.717) is 0 Å². The topological polar surface area (TPSA) is 201 Å². The highest BCUT2D eigenvalue weighted by molar-refractivity contribution is 7.89. The molecule has 0 atom stereocenters. The van der Waals surface area contributed by atoms with Gasteiger partial charge >= 0.3 is 0 Å². The third-order valence-corrected chi connectivity index (χ3v) is 6.73. The van der Waals surface area contributed by atoms with Crippen LogP contribution in [0.4, 0.5) is 5.69 Å². The van der Waals surface area contributed by atoms with Crippen LogP contribution in [0.15, 0.2) is 65.6 Å². The zero-order chi connectivity index (χ0) is 26.6. The normalized spacial score (nSPS) is 11.1. The van der Waals surface area contributed by atoms with E-state index in [0.717, 1.165) is 28.2 Å². The molecule has 11 nitrogen and oxygen atoms in total. The van der Waals surface area contributed by atoms with Crippen molar-refractivity contribution in [2.75, 3.05) is 11.4 Å². The molecule has 36 heavy (non-hydrogen) atoms. The number of carbonyl (C=O) groups is 1. The number of aromatic hydroxyl groups is 3. The second-order valence-electron chi connectivity index (χ2n) is 7.88. The van der Waals surface area contributed by atoms with Gasteiger partial charge in [-0.2, -0.15) is 0 Å². The van der Waals surface area contributed by atoms with Crippen molar-refractivity contribution < 1.29 is 28.5 Å². The van der Waals surface area contributed by atoms with E-state index in [-0.39, 0.29) is 30.0 Å². The summed E-state index contributed by atoms with van der Waals surface area (Å²) in [6.07, 6.45) is 0.290. The number of amidine groups is 2. The molecule has 0 saturated heterocycles. The lowest BCUT2D eigenvalue weighted by molar-refractivity contribution is -0.112. The number of amides is 1. The Hall–Kier alpha value is -4.42. The number of sulfonamides is 1. The van der Waals surface area contributed by atoms with Gasteiger partial charge in [-0.15, -0.1) is 0 Å². The molecule has 0 saturated carbocycles. The highest BCUT2D eigenvalue weighted by atomic mass is 32.2. The number of aryl methyl sites for hydroxylation is 1. The molecule has 0 radical (unpaired) electrons. The molecule has 1 amide bonds. The average molecular weight is 512 g/mol. The molecule has 0 heterocycles. The number of rotatable bonds is 7. The molecule has 0 aliphatic heterocycles. The van der Waals surface area contributed by atoms with Crippen LogP contribution in [0.2, 0.25) is 0 Å². The largest absolute Gasteiger partial charge is 0.508 e. The maximum absolute atomic E-state index is 12.9. The monoisotopic (exact) mass is 511 g/mol. The zero-order valence-corrected chi connectivity index (χ0v) is 20.0. The summed E-state index contributed by atoms with van der Waals surface area (Å²) < 4.78 is 28.2. The quantitative estimate of drug-likeness (QED) is 0.185. The Bertz CT molecular complexity index is 1420. The van der Waals surface area contributed by atoms with Crippen LogP contribution in [-0.4, -0.2) is 47.9 Å². The molecule has 0 aliphatic rings. The SMILES string of the molecule is Cc1ccc(N(C(=N)C(N)=O)C(=N)c2cc(S(=O)(=O)NCCc3ccc(O)cc3)c(O)cc2O)cc1. The van der Waals surface area contributed by atoms with Gasteiger partial charge in [0.25, 0.3) is 5.91 Å². The summed E-state index contributed by atoms with van der Waals surface area (Å²) >= 11 is 0. The number of nitrogens with zero attached hydrogens (tertiary/aromatic N) is 1. The lowest BCUT2D eigenvalue weighted by Gasteiger charge is -2.25. The first kappa shape index (κ1) is 26.2. The van der Waals surface area contributed by atoms with Crippen molar-refractivity contribution in [1.82, 2.24) is 4.72 Å². The number of phenols is 3. The van der Waals surface area contributed by atoms with Gasteiger partial charge in [0.05, 0.1) is 5.56 Å². The van der Waals surface area contributed by atoms with Gasteiger partial charge in [0.1, 0.15) is 28.0 Å². The Morgan fingerprint density at radius 3 is 2.17 bits per heavy atom. The molecular formula is C24H25N5O6S. The smallest absolute Gasteiger partial charge is 0.284 e. The Balaban J connectivity index is 1.94. The third kappa shape index (κ3) is 5.79. The molecule has 0 fully saturated rings. The van der Waals surface area contributed by atoms with Crippen LogP contribution in [0.1, 0.15) is 16.7 Å². The van der Waals surface area contributed by atoms with E-state index in [9.17, 15) is 28.5 Å². The summed E-state index contributed by atoms with van der Waals surface area (Å²) in [6, 6.07) is 14.3. The maximum atomic E-state index is 12.9. The molecule has 0 aliphatic carbocycles. The fourth-order valence-corrected chi connectivity index (χ4v) is 4.46. The second kappa shape index (κ2) is 10.5. The molecule has 3 aromatic carbocycles. The van der Waals surface area contributed by atoms with Gasteiger partial charge in [-0.25, -0.2) is 13.1 Å². The fraction of sp³-hybridized carbons (Fsp3) is 0.125. The number of carbonyl (C=O) groups excluding carboxylic acids is 1. The maximum Gasteiger partial charge on any atom is 0.284 e. The van der Waals surface area contributed by atoms with E-state index in [1.807, 2.05) is 6.92 Å². The molecule has 3 aromatic rings. The summed E-state index contributed by atoms with van der Waals surface area (Å²) in [5, 5.41) is 46.7. The highest BCUT2D eigenvalue weighted by Gasteiger charge is 2.28. The molecule has 3 rings (SSSR count). The summed E-state index contributed by atoms with van der Waals surface area (Å²) in [6.45, 7) is 1.78. The van der Waals surface area contributed by atoms with Crippen molar-refractivity contribution in [3.8, 4) is 17.2 Å². The standard InChI is InChI=1S/C24H25N5O6S/c1-14-2-6-16(7-3-14)29(23(26)24(27)33)22(25)18-12-21(20(32)13-19(18)31)36(34,35)28-11-10-15-4-8-17(30)9-5-15/h2-9,12-13,25-26,28,30-32H,10-11H2,1H3,(H2,27,33). The first-order valence-corrected chi connectivity index (χ1v) is 12.1. The molecule has 0 aromatic heterocycles. The number of nitrogens with two attached hydrogens (primary N) is 1. The fourth-order valence-electron chi connectivity index (χ4n) is 3.33. The van der Waals surface area contributed by atoms with E-state index in [4.69, 9.17) is 16.6 Å². The lowest BCUT2D eigenvalue weighted by Crippen LogP contribution is -2.44. The highest BCUT2D eigenvalue weighted by Crippen LogP contribution is 2.32. The van der Waals surface area contributed by atoms with Crippen LogP contribution in [0.25, 0.3) is 0 Å². The minimum Gasteiger partial charge on any atom is -0.508 e. The van der Waals surface area contributed by atoms with Gasteiger partial charge in [0.2, 0.25) is 10.0 Å². The van der Waals surface area contributed by atoms with Gasteiger partial charge in [-0.05, 0) is 49.2 Å². The zero-order valence-electron chi connectivity index (χ0n) is 19.2. The first-order chi connectivity index (χ1) is 16.9. The Labute approximate surface area is 207 Å². The predicted molar refractivity (Wildman–Crippen MR) is 134 cm³/mol. The van der Waals surface area contributed by atoms with Crippen LogP contribution < -0.4 is 15.4 Å². The molecule has 8 N–H and O–H groups in total. The lowest BCUT2D eigenvalue weighted by atomic mass is 10.1. The van der Waals surface area contributed by atoms with E-state index in [1.54, 1.807) is 24.3 Å². The van der Waals surface area contributed by atoms with Crippen molar-refractivity contribution in [3.63, 3.8) is 0 Å². The number of hydrogen-bond donors (Lipinski definition) is 7. The average Bonchev–Trinajstić information content (AvgIpc) is 2.81. The predicted octanol–water partition coefficient (Wildman–Crippen LogP) is 1.93. The number of hydrogen-bond acceptors (Lipinski definition) is 8. The van der Waals surface area contributed by atoms with Gasteiger partial charge in [-0.1, -0.05) is 29.8 Å². The Morgan fingerprint density at radius 2 is 1.58 bits per heavy atom. The first-order valence-electron chi connectivity index (χ1n) is 10.6. The van der Waals surface area contributed by atoms with E-state index in [1.165, 1.54) is 24.3 Å². The third-order valence-electron chi connectivity index (χ3n) is 5.24. The minimum absolute atomic E-state index is 0.0397. The van der Waals surface area contributed by atoms with Gasteiger partial charge in [0.15, 0.2) is 5.84 Å². The van der Waals surface area contributed by atoms with Crippen molar-refractivity contribution in [1.29, 1.82) is 10.8 Å². The van der Waals surface area contributed by atoms with Crippen LogP contribution in [0, 0.1) is 17.7 Å². The Kier molecular flexibility index (Phi) is 7.61. The second-order valence-corrected chi connectivity index (χ2v) is 9.62. The molecule has 12 heteroatoms. The van der Waals surface area contributed by atoms with E-state index < -0.39 is 44.0 Å². The molecule has 0 bridgehead atoms. The Morgan fingerprint density at radius 1 is 0.972 bits per heavy atom. The number of primary amides is 1. The number of benzene rings is 3. The summed E-state index contributed by atoms with van der Waals surface area (Å²) in [7, 11) is -4.30. The summed E-state index contributed by atoms with van der Waals surface area (Å²) in [4.78, 5) is 12.0. The van der Waals surface area contributed by atoms with E-state index in [2.05, 4.69) is 4.72 Å². The number of nitrogens with one attached hydrogen (secondary N) is 3.